The summed E-state index contributed by atoms with van der Waals surface area (Å²) in [5.74, 6) is 0. The predicted octanol–water partition coefficient (Wildman–Crippen LogP) is 13.2. The second kappa shape index (κ2) is 11.8. The van der Waals surface area contributed by atoms with Gasteiger partial charge in [0.05, 0.1) is 0 Å². The van der Waals surface area contributed by atoms with Crippen LogP contribution in [0.15, 0.2) is 192 Å². The van der Waals surface area contributed by atoms with Gasteiger partial charge in [0, 0.05) is 27.8 Å². The van der Waals surface area contributed by atoms with Gasteiger partial charge in [-0.3, -0.25) is 0 Å². The van der Waals surface area contributed by atoms with Crippen LogP contribution in [-0.2, 0) is 0 Å². The van der Waals surface area contributed by atoms with Gasteiger partial charge in [0.15, 0.2) is 0 Å². The van der Waals surface area contributed by atoms with E-state index >= 15 is 0 Å². The van der Waals surface area contributed by atoms with Crippen LogP contribution in [0.3, 0.4) is 0 Å². The molecule has 0 bridgehead atoms. The van der Waals surface area contributed by atoms with Crippen molar-refractivity contribution in [1.29, 1.82) is 0 Å². The number of fused-ring (bicyclic) bond motifs is 5. The van der Waals surface area contributed by atoms with Crippen LogP contribution < -0.4 is 4.90 Å². The Morgan fingerprint density at radius 2 is 0.750 bits per heavy atom. The Kier molecular flexibility index (Phi) is 6.84. The van der Waals surface area contributed by atoms with Crippen LogP contribution >= 0.6 is 0 Å². The van der Waals surface area contributed by atoms with Gasteiger partial charge in [0.1, 0.15) is 11.2 Å². The van der Waals surface area contributed by atoms with Crippen molar-refractivity contribution in [3.63, 3.8) is 0 Å². The molecule has 0 fully saturated rings. The van der Waals surface area contributed by atoms with E-state index in [1.807, 2.05) is 0 Å². The molecule has 48 heavy (non-hydrogen) atoms. The van der Waals surface area contributed by atoms with Crippen molar-refractivity contribution in [2.45, 2.75) is 0 Å². The highest BCUT2D eigenvalue weighted by Crippen LogP contribution is 2.40. The third kappa shape index (κ3) is 5.01. The molecule has 9 rings (SSSR count). The van der Waals surface area contributed by atoms with E-state index in [1.54, 1.807) is 0 Å². The summed E-state index contributed by atoms with van der Waals surface area (Å²) < 4.78 is 6.27. The zero-order chi connectivity index (χ0) is 31.9. The first-order valence-corrected chi connectivity index (χ1v) is 16.3. The fraction of sp³-hybridized carbons (Fsp3) is 0. The number of hydrogen-bond acceptors (Lipinski definition) is 2. The Hall–Kier alpha value is -6.38. The monoisotopic (exact) mass is 613 g/mol. The van der Waals surface area contributed by atoms with Crippen LogP contribution in [0.1, 0.15) is 0 Å². The smallest absolute Gasteiger partial charge is 0.136 e. The number of nitrogens with zero attached hydrogens (tertiary/aromatic N) is 1. The lowest BCUT2D eigenvalue weighted by Crippen LogP contribution is -2.09. The molecular weight excluding hydrogens is 583 g/mol. The van der Waals surface area contributed by atoms with Gasteiger partial charge >= 0.3 is 0 Å². The summed E-state index contributed by atoms with van der Waals surface area (Å²) in [6, 6.07) is 66.9. The maximum Gasteiger partial charge on any atom is 0.136 e. The molecule has 9 aromatic rings. The fourth-order valence-corrected chi connectivity index (χ4v) is 6.84. The average molecular weight is 614 g/mol. The zero-order valence-corrected chi connectivity index (χ0v) is 26.3. The molecule has 1 heterocycles. The summed E-state index contributed by atoms with van der Waals surface area (Å²) in [7, 11) is 0. The Morgan fingerprint density at radius 1 is 0.312 bits per heavy atom. The van der Waals surface area contributed by atoms with Gasteiger partial charge in [-0.25, -0.2) is 0 Å². The molecule has 8 aromatic carbocycles. The molecule has 0 aliphatic heterocycles. The second-order valence-electron chi connectivity index (χ2n) is 12.2. The first-order chi connectivity index (χ1) is 23.8. The number of anilines is 3. The predicted molar refractivity (Wildman–Crippen MR) is 202 cm³/mol. The van der Waals surface area contributed by atoms with Gasteiger partial charge in [-0.05, 0) is 98.8 Å². The van der Waals surface area contributed by atoms with E-state index in [-0.39, 0.29) is 0 Å². The summed E-state index contributed by atoms with van der Waals surface area (Å²) in [4.78, 5) is 2.33. The van der Waals surface area contributed by atoms with E-state index in [1.165, 1.54) is 38.4 Å². The third-order valence-corrected chi connectivity index (χ3v) is 9.28. The molecule has 0 amide bonds. The van der Waals surface area contributed by atoms with Gasteiger partial charge in [-0.2, -0.15) is 0 Å². The Morgan fingerprint density at radius 3 is 1.31 bits per heavy atom. The Balaban J connectivity index is 1.11. The lowest BCUT2D eigenvalue weighted by Gasteiger charge is -2.26. The van der Waals surface area contributed by atoms with Gasteiger partial charge in [-0.1, -0.05) is 133 Å². The molecule has 0 saturated heterocycles. The largest absolute Gasteiger partial charge is 0.456 e. The van der Waals surface area contributed by atoms with Crippen molar-refractivity contribution in [2.75, 3.05) is 4.90 Å². The normalized spacial score (nSPS) is 11.3. The minimum atomic E-state index is 0.908. The Bertz CT molecular complexity index is 2430. The molecule has 0 atom stereocenters. The standard InChI is InChI=1S/C46H31NO/c1-3-9-32(10-4-1)34-15-23-39(24-16-34)47(40-25-17-35(18-26-40)33-11-5-2-6-12-33)41-27-19-36(20-28-41)38-22-29-44-43(31-38)46-42-14-8-7-13-37(42)21-30-45(46)48-44/h1-31H. The van der Waals surface area contributed by atoms with Crippen LogP contribution in [0.25, 0.3) is 66.1 Å². The summed E-state index contributed by atoms with van der Waals surface area (Å²) in [6.07, 6.45) is 0. The number of rotatable bonds is 6. The van der Waals surface area contributed by atoms with Gasteiger partial charge in [-0.15, -0.1) is 0 Å². The van der Waals surface area contributed by atoms with E-state index in [2.05, 4.69) is 193 Å². The van der Waals surface area contributed by atoms with Crippen molar-refractivity contribution in [2.24, 2.45) is 0 Å². The topological polar surface area (TPSA) is 16.4 Å². The van der Waals surface area contributed by atoms with Crippen LogP contribution in [0.2, 0.25) is 0 Å². The molecule has 0 saturated carbocycles. The lowest BCUT2D eigenvalue weighted by molar-refractivity contribution is 0.669. The average Bonchev–Trinajstić information content (AvgIpc) is 3.55. The highest BCUT2D eigenvalue weighted by atomic mass is 16.3. The summed E-state index contributed by atoms with van der Waals surface area (Å²) >= 11 is 0. The van der Waals surface area contributed by atoms with E-state index in [4.69, 9.17) is 4.42 Å². The van der Waals surface area contributed by atoms with Gasteiger partial charge in [0.25, 0.3) is 0 Å². The maximum absolute atomic E-state index is 6.27. The van der Waals surface area contributed by atoms with Gasteiger partial charge in [0.2, 0.25) is 0 Å². The molecular formula is C46H31NO. The van der Waals surface area contributed by atoms with Crippen LogP contribution in [-0.4, -0.2) is 0 Å². The molecule has 1 aromatic heterocycles. The minimum absolute atomic E-state index is 0.908. The molecule has 0 N–H and O–H groups in total. The van der Waals surface area contributed by atoms with E-state index in [9.17, 15) is 0 Å². The quantitative estimate of drug-likeness (QED) is 0.185. The second-order valence-corrected chi connectivity index (χ2v) is 12.2. The lowest BCUT2D eigenvalue weighted by atomic mass is 9.99. The fourth-order valence-electron chi connectivity index (χ4n) is 6.84. The molecule has 0 unspecified atom stereocenters. The molecule has 0 spiro atoms. The van der Waals surface area contributed by atoms with Crippen molar-refractivity contribution in [3.05, 3.63) is 188 Å². The molecule has 0 aliphatic carbocycles. The maximum atomic E-state index is 6.27. The number of benzene rings is 8. The molecule has 2 nitrogen and oxygen atoms in total. The van der Waals surface area contributed by atoms with E-state index in [0.717, 1.165) is 44.7 Å². The number of furan rings is 1. The summed E-state index contributed by atoms with van der Waals surface area (Å²) in [6.45, 7) is 0. The highest BCUT2D eigenvalue weighted by molar-refractivity contribution is 6.19. The SMILES string of the molecule is c1ccc(-c2ccc(N(c3ccc(-c4ccccc4)cc3)c3ccc(-c4ccc5oc6ccc7ccccc7c6c5c4)cc3)cc2)cc1. The van der Waals surface area contributed by atoms with Crippen molar-refractivity contribution in [3.8, 4) is 33.4 Å². The molecule has 2 heteroatoms. The van der Waals surface area contributed by atoms with Crippen molar-refractivity contribution in [1.82, 2.24) is 0 Å². The summed E-state index contributed by atoms with van der Waals surface area (Å²) in [5.41, 5.74) is 12.3. The van der Waals surface area contributed by atoms with E-state index in [0.29, 0.717) is 0 Å². The summed E-state index contributed by atoms with van der Waals surface area (Å²) in [5, 5.41) is 4.75. The molecule has 0 aliphatic rings. The number of hydrogen-bond donors (Lipinski definition) is 0. The molecule has 0 radical (unpaired) electrons. The minimum Gasteiger partial charge on any atom is -0.456 e. The highest BCUT2D eigenvalue weighted by Gasteiger charge is 2.15. The van der Waals surface area contributed by atoms with Crippen LogP contribution in [0.4, 0.5) is 17.1 Å². The van der Waals surface area contributed by atoms with Crippen molar-refractivity contribution < 1.29 is 4.42 Å². The van der Waals surface area contributed by atoms with Crippen molar-refractivity contribution >= 4 is 49.8 Å². The van der Waals surface area contributed by atoms with Gasteiger partial charge < -0.3 is 9.32 Å². The van der Waals surface area contributed by atoms with Crippen LogP contribution in [0.5, 0.6) is 0 Å². The van der Waals surface area contributed by atoms with Crippen LogP contribution in [0, 0.1) is 0 Å². The van der Waals surface area contributed by atoms with E-state index < -0.39 is 0 Å². The third-order valence-electron chi connectivity index (χ3n) is 9.28. The first-order valence-electron chi connectivity index (χ1n) is 16.3. The zero-order valence-electron chi connectivity index (χ0n) is 26.3. The Labute approximate surface area is 279 Å². The first kappa shape index (κ1) is 27.9. The molecule has 226 valence electrons.